The van der Waals surface area contributed by atoms with Crippen LogP contribution in [0.25, 0.3) is 0 Å². The van der Waals surface area contributed by atoms with Gasteiger partial charge in [-0.05, 0) is 55.2 Å². The van der Waals surface area contributed by atoms with Crippen LogP contribution in [-0.2, 0) is 26.2 Å². The molecule has 2 amide bonds. The highest BCUT2D eigenvalue weighted by atomic mass is 32.2. The summed E-state index contributed by atoms with van der Waals surface area (Å²) in [5.74, 6) is -0.760. The average molecular weight is 508 g/mol. The van der Waals surface area contributed by atoms with Crippen molar-refractivity contribution in [3.8, 4) is 0 Å². The molecule has 3 aromatic rings. The fraction of sp³-hybridized carbons (Fsp3) is 0.286. The molecule has 0 bridgehead atoms. The first-order chi connectivity index (χ1) is 17.2. The van der Waals surface area contributed by atoms with Crippen LogP contribution in [0.15, 0.2) is 83.8 Å². The lowest BCUT2D eigenvalue weighted by atomic mass is 10.1. The number of nitrogens with zero attached hydrogens (tertiary/aromatic N) is 2. The number of rotatable bonds is 10. The van der Waals surface area contributed by atoms with Crippen molar-refractivity contribution in [2.45, 2.75) is 44.7 Å². The molecule has 3 aromatic carbocycles. The Hall–Kier alpha value is -3.65. The molecule has 190 valence electrons. The molecular weight excluding hydrogens is 474 g/mol. The van der Waals surface area contributed by atoms with E-state index in [1.165, 1.54) is 24.1 Å². The molecule has 0 aromatic heterocycles. The van der Waals surface area contributed by atoms with Gasteiger partial charge in [-0.1, -0.05) is 67.6 Å². The summed E-state index contributed by atoms with van der Waals surface area (Å²) in [4.78, 5) is 28.2. The van der Waals surface area contributed by atoms with E-state index in [9.17, 15) is 18.0 Å². The molecule has 0 aliphatic carbocycles. The van der Waals surface area contributed by atoms with E-state index in [4.69, 9.17) is 0 Å². The number of benzene rings is 3. The zero-order chi connectivity index (χ0) is 26.3. The van der Waals surface area contributed by atoms with Gasteiger partial charge < -0.3 is 10.2 Å². The SMILES string of the molecule is CC[C@@H](C(=O)NC)N(Cc1ccccc1C)C(=O)CN(c1ccccc1C)S(=O)(=O)c1ccccc1. The largest absolute Gasteiger partial charge is 0.357 e. The van der Waals surface area contributed by atoms with Crippen LogP contribution in [0.2, 0.25) is 0 Å². The highest BCUT2D eigenvalue weighted by Crippen LogP contribution is 2.27. The predicted octanol–water partition coefficient (Wildman–Crippen LogP) is 4.05. The second-order valence-corrected chi connectivity index (χ2v) is 10.5. The summed E-state index contributed by atoms with van der Waals surface area (Å²) in [6, 6.07) is 22.0. The highest BCUT2D eigenvalue weighted by molar-refractivity contribution is 7.92. The van der Waals surface area contributed by atoms with Gasteiger partial charge in [-0.15, -0.1) is 0 Å². The first-order valence-electron chi connectivity index (χ1n) is 11.9. The lowest BCUT2D eigenvalue weighted by Gasteiger charge is -2.33. The van der Waals surface area contributed by atoms with E-state index in [2.05, 4.69) is 5.32 Å². The molecule has 8 heteroatoms. The number of aryl methyl sites for hydroxylation is 2. The number of sulfonamides is 1. The van der Waals surface area contributed by atoms with Gasteiger partial charge in [-0.2, -0.15) is 0 Å². The van der Waals surface area contributed by atoms with Crippen molar-refractivity contribution in [1.82, 2.24) is 10.2 Å². The van der Waals surface area contributed by atoms with E-state index in [-0.39, 0.29) is 17.3 Å². The van der Waals surface area contributed by atoms with Crippen LogP contribution in [-0.4, -0.2) is 44.8 Å². The zero-order valence-corrected chi connectivity index (χ0v) is 22.0. The Morgan fingerprint density at radius 3 is 2.03 bits per heavy atom. The summed E-state index contributed by atoms with van der Waals surface area (Å²) in [5, 5.41) is 2.64. The Bertz CT molecular complexity index is 1310. The normalized spacial score (nSPS) is 12.0. The molecule has 0 radical (unpaired) electrons. The molecule has 0 unspecified atom stereocenters. The lowest BCUT2D eigenvalue weighted by Crippen LogP contribution is -2.52. The minimum Gasteiger partial charge on any atom is -0.357 e. The number of hydrogen-bond donors (Lipinski definition) is 1. The van der Waals surface area contributed by atoms with Gasteiger partial charge in [0.1, 0.15) is 12.6 Å². The maximum atomic E-state index is 13.9. The van der Waals surface area contributed by atoms with Gasteiger partial charge in [0.2, 0.25) is 11.8 Å². The van der Waals surface area contributed by atoms with Gasteiger partial charge in [0.15, 0.2) is 0 Å². The number of likely N-dealkylation sites (N-methyl/N-ethyl adjacent to an activating group) is 1. The van der Waals surface area contributed by atoms with Crippen LogP contribution in [0.3, 0.4) is 0 Å². The number of amides is 2. The maximum Gasteiger partial charge on any atom is 0.264 e. The second kappa shape index (κ2) is 11.9. The van der Waals surface area contributed by atoms with E-state index >= 15 is 0 Å². The average Bonchev–Trinajstić information content (AvgIpc) is 2.88. The van der Waals surface area contributed by atoms with Crippen LogP contribution in [0, 0.1) is 13.8 Å². The molecular formula is C28H33N3O4S. The van der Waals surface area contributed by atoms with E-state index in [1.807, 2.05) is 44.2 Å². The summed E-state index contributed by atoms with van der Waals surface area (Å²) in [6.07, 6.45) is 0.382. The number of carbonyl (C=O) groups excluding carboxylic acids is 2. The van der Waals surface area contributed by atoms with E-state index in [0.717, 1.165) is 15.4 Å². The molecule has 0 aliphatic rings. The number of anilines is 1. The summed E-state index contributed by atoms with van der Waals surface area (Å²) < 4.78 is 28.7. The topological polar surface area (TPSA) is 86.8 Å². The van der Waals surface area contributed by atoms with Crippen molar-refractivity contribution in [3.05, 3.63) is 95.6 Å². The Morgan fingerprint density at radius 1 is 0.861 bits per heavy atom. The van der Waals surface area contributed by atoms with Crippen LogP contribution in [0.1, 0.15) is 30.0 Å². The smallest absolute Gasteiger partial charge is 0.264 e. The highest BCUT2D eigenvalue weighted by Gasteiger charge is 2.33. The van der Waals surface area contributed by atoms with Crippen molar-refractivity contribution in [2.75, 3.05) is 17.9 Å². The molecule has 1 atom stereocenters. The Kier molecular flexibility index (Phi) is 8.88. The molecule has 3 rings (SSSR count). The zero-order valence-electron chi connectivity index (χ0n) is 21.1. The van der Waals surface area contributed by atoms with Crippen molar-refractivity contribution < 1.29 is 18.0 Å². The summed E-state index contributed by atoms with van der Waals surface area (Å²) in [5.41, 5.74) is 3.00. The van der Waals surface area contributed by atoms with Gasteiger partial charge in [0.25, 0.3) is 10.0 Å². The lowest BCUT2D eigenvalue weighted by molar-refractivity contribution is -0.140. The molecule has 0 aliphatic heterocycles. The summed E-state index contributed by atoms with van der Waals surface area (Å²) >= 11 is 0. The Balaban J connectivity index is 2.08. The van der Waals surface area contributed by atoms with E-state index in [1.54, 1.807) is 43.3 Å². The van der Waals surface area contributed by atoms with Crippen LogP contribution in [0.5, 0.6) is 0 Å². The predicted molar refractivity (Wildman–Crippen MR) is 142 cm³/mol. The number of carbonyl (C=O) groups is 2. The minimum absolute atomic E-state index is 0.0878. The first kappa shape index (κ1) is 26.9. The van der Waals surface area contributed by atoms with Crippen molar-refractivity contribution in [3.63, 3.8) is 0 Å². The third-order valence-corrected chi connectivity index (χ3v) is 8.00. The van der Waals surface area contributed by atoms with Crippen LogP contribution >= 0.6 is 0 Å². The van der Waals surface area contributed by atoms with E-state index in [0.29, 0.717) is 17.7 Å². The Labute approximate surface area is 213 Å². The fourth-order valence-corrected chi connectivity index (χ4v) is 5.63. The minimum atomic E-state index is -4.06. The fourth-order valence-electron chi connectivity index (χ4n) is 4.13. The van der Waals surface area contributed by atoms with Gasteiger partial charge >= 0.3 is 0 Å². The monoisotopic (exact) mass is 507 g/mol. The van der Waals surface area contributed by atoms with Crippen molar-refractivity contribution >= 4 is 27.5 Å². The molecule has 1 N–H and O–H groups in total. The van der Waals surface area contributed by atoms with Crippen molar-refractivity contribution in [2.24, 2.45) is 0 Å². The van der Waals surface area contributed by atoms with E-state index < -0.39 is 28.5 Å². The number of nitrogens with one attached hydrogen (secondary N) is 1. The summed E-state index contributed by atoms with van der Waals surface area (Å²) in [7, 11) is -2.53. The third kappa shape index (κ3) is 5.94. The number of hydrogen-bond acceptors (Lipinski definition) is 4. The maximum absolute atomic E-state index is 13.9. The number of para-hydroxylation sites is 1. The third-order valence-electron chi connectivity index (χ3n) is 6.23. The first-order valence-corrected chi connectivity index (χ1v) is 13.3. The molecule has 0 heterocycles. The van der Waals surface area contributed by atoms with Crippen molar-refractivity contribution in [1.29, 1.82) is 0 Å². The second-order valence-electron chi connectivity index (χ2n) is 8.60. The Morgan fingerprint density at radius 2 is 1.44 bits per heavy atom. The quantitative estimate of drug-likeness (QED) is 0.449. The standard InChI is InChI=1S/C28H33N3O4S/c1-5-25(28(33)29-4)30(19-23-15-11-9-13-21(23)2)27(32)20-31(26-18-12-10-14-22(26)3)36(34,35)24-16-7-6-8-17-24/h6-18,25H,5,19-20H2,1-4H3,(H,29,33)/t25-/m0/s1. The molecule has 0 spiro atoms. The van der Waals surface area contributed by atoms with Crippen LogP contribution in [0.4, 0.5) is 5.69 Å². The van der Waals surface area contributed by atoms with Gasteiger partial charge in [-0.3, -0.25) is 13.9 Å². The van der Waals surface area contributed by atoms with Gasteiger partial charge in [-0.25, -0.2) is 8.42 Å². The molecule has 0 fully saturated rings. The van der Waals surface area contributed by atoms with Crippen LogP contribution < -0.4 is 9.62 Å². The summed E-state index contributed by atoms with van der Waals surface area (Å²) in [6.45, 7) is 5.32. The van der Waals surface area contributed by atoms with Gasteiger partial charge in [0, 0.05) is 13.6 Å². The molecule has 36 heavy (non-hydrogen) atoms. The van der Waals surface area contributed by atoms with Gasteiger partial charge in [0.05, 0.1) is 10.6 Å². The molecule has 0 saturated carbocycles. The molecule has 7 nitrogen and oxygen atoms in total. The molecule has 0 saturated heterocycles.